The first-order valence-corrected chi connectivity index (χ1v) is 5.86. The van der Waals surface area contributed by atoms with Gasteiger partial charge < -0.3 is 9.52 Å². The molecule has 2 aromatic rings. The summed E-state index contributed by atoms with van der Waals surface area (Å²) in [5, 5.41) is 10.7. The highest BCUT2D eigenvalue weighted by Gasteiger charge is 2.41. The third kappa shape index (κ3) is 1.49. The predicted octanol–water partition coefficient (Wildman–Crippen LogP) is 3.13. The second-order valence-corrected chi connectivity index (χ2v) is 4.57. The molecule has 4 heteroatoms. The average Bonchev–Trinajstić information content (AvgIpc) is 2.78. The molecule has 0 aliphatic heterocycles. The first kappa shape index (κ1) is 11.4. The summed E-state index contributed by atoms with van der Waals surface area (Å²) < 4.78 is 32.9. The van der Waals surface area contributed by atoms with E-state index in [4.69, 9.17) is 4.42 Å². The topological polar surface area (TPSA) is 33.4 Å². The zero-order chi connectivity index (χ0) is 12.8. The van der Waals surface area contributed by atoms with Crippen molar-refractivity contribution in [2.45, 2.75) is 24.9 Å². The minimum Gasteiger partial charge on any atom is -0.469 e. The Morgan fingerprint density at radius 2 is 1.89 bits per heavy atom. The van der Waals surface area contributed by atoms with Gasteiger partial charge in [0.15, 0.2) is 0 Å². The summed E-state index contributed by atoms with van der Waals surface area (Å²) in [6.45, 7) is 0. The summed E-state index contributed by atoms with van der Waals surface area (Å²) in [6.07, 6.45) is 3.04. The second kappa shape index (κ2) is 3.92. The molecular weight excluding hydrogens is 238 g/mol. The fourth-order valence-electron chi connectivity index (χ4n) is 2.69. The zero-order valence-electron chi connectivity index (χ0n) is 9.62. The van der Waals surface area contributed by atoms with Crippen molar-refractivity contribution in [2.24, 2.45) is 0 Å². The molecule has 94 valence electrons. The van der Waals surface area contributed by atoms with Gasteiger partial charge in [-0.3, -0.25) is 0 Å². The highest BCUT2D eigenvalue weighted by Crippen LogP contribution is 2.42. The summed E-state index contributed by atoms with van der Waals surface area (Å²) in [6, 6.07) is 5.19. The average molecular weight is 250 g/mol. The van der Waals surface area contributed by atoms with Crippen LogP contribution in [0.3, 0.4) is 0 Å². The maximum atomic E-state index is 13.8. The number of aliphatic hydroxyl groups is 1. The lowest BCUT2D eigenvalue weighted by Gasteiger charge is -2.32. The smallest absolute Gasteiger partial charge is 0.132 e. The van der Waals surface area contributed by atoms with Crippen LogP contribution >= 0.6 is 0 Å². The number of halogens is 2. The van der Waals surface area contributed by atoms with Crippen molar-refractivity contribution in [1.82, 2.24) is 0 Å². The largest absolute Gasteiger partial charge is 0.469 e. The molecule has 1 unspecified atom stereocenters. The molecule has 0 bridgehead atoms. The lowest BCUT2D eigenvalue weighted by Crippen LogP contribution is -2.33. The van der Waals surface area contributed by atoms with Crippen LogP contribution in [0.15, 0.2) is 34.9 Å². The monoisotopic (exact) mass is 250 g/mol. The van der Waals surface area contributed by atoms with E-state index >= 15 is 0 Å². The van der Waals surface area contributed by atoms with Crippen LogP contribution in [0.1, 0.15) is 29.7 Å². The number of rotatable bonds is 1. The molecule has 1 aliphatic rings. The molecule has 1 N–H and O–H groups in total. The first-order chi connectivity index (χ1) is 8.63. The van der Waals surface area contributed by atoms with Gasteiger partial charge in [0.1, 0.15) is 23.0 Å². The van der Waals surface area contributed by atoms with E-state index in [1.807, 2.05) is 0 Å². The molecule has 0 saturated carbocycles. The molecule has 0 fully saturated rings. The van der Waals surface area contributed by atoms with Gasteiger partial charge in [0.25, 0.3) is 0 Å². The van der Waals surface area contributed by atoms with Crippen LogP contribution in [0.25, 0.3) is 0 Å². The number of furan rings is 1. The lowest BCUT2D eigenvalue weighted by molar-refractivity contribution is 0.0514. The number of hydrogen-bond acceptors (Lipinski definition) is 2. The zero-order valence-corrected chi connectivity index (χ0v) is 9.62. The number of fused-ring (bicyclic) bond motifs is 1. The van der Waals surface area contributed by atoms with E-state index in [2.05, 4.69) is 0 Å². The molecule has 0 saturated heterocycles. The Labute approximate surface area is 103 Å². The molecule has 1 aliphatic carbocycles. The Morgan fingerprint density at radius 1 is 1.17 bits per heavy atom. The molecule has 0 radical (unpaired) electrons. The molecule has 1 atom stereocenters. The molecule has 0 amide bonds. The van der Waals surface area contributed by atoms with Crippen LogP contribution in [-0.4, -0.2) is 5.11 Å². The Kier molecular flexibility index (Phi) is 2.48. The molecule has 1 aromatic carbocycles. The van der Waals surface area contributed by atoms with Crippen LogP contribution < -0.4 is 0 Å². The van der Waals surface area contributed by atoms with Gasteiger partial charge >= 0.3 is 0 Å². The summed E-state index contributed by atoms with van der Waals surface area (Å²) in [5.41, 5.74) is -1.44. The first-order valence-electron chi connectivity index (χ1n) is 5.86. The van der Waals surface area contributed by atoms with Crippen LogP contribution in [0.2, 0.25) is 0 Å². The normalized spacial score (nSPS) is 22.8. The molecule has 1 aromatic heterocycles. The number of benzene rings is 1. The Hall–Kier alpha value is -1.68. The molecule has 18 heavy (non-hydrogen) atoms. The second-order valence-electron chi connectivity index (χ2n) is 4.57. The quantitative estimate of drug-likeness (QED) is 0.843. The van der Waals surface area contributed by atoms with E-state index in [1.165, 1.54) is 12.3 Å². The third-order valence-corrected chi connectivity index (χ3v) is 3.51. The van der Waals surface area contributed by atoms with Crippen LogP contribution in [0, 0.1) is 11.6 Å². The van der Waals surface area contributed by atoms with Crippen molar-refractivity contribution >= 4 is 0 Å². The van der Waals surface area contributed by atoms with Gasteiger partial charge in [-0.15, -0.1) is 0 Å². The van der Waals surface area contributed by atoms with Crippen molar-refractivity contribution < 1.29 is 18.3 Å². The minimum absolute atomic E-state index is 0.285. The van der Waals surface area contributed by atoms with Gasteiger partial charge in [-0.05, 0) is 31.0 Å². The molecule has 1 heterocycles. The van der Waals surface area contributed by atoms with Gasteiger partial charge in [0, 0.05) is 12.0 Å². The number of hydrogen-bond donors (Lipinski definition) is 1. The van der Waals surface area contributed by atoms with Crippen molar-refractivity contribution in [3.63, 3.8) is 0 Å². The van der Waals surface area contributed by atoms with E-state index in [-0.39, 0.29) is 12.0 Å². The standard InChI is InChI=1S/C14H12F2O2/c15-10-3-1-4-11(16)13(10)14(17)7-2-5-12-9(14)6-8-18-12/h1,3-4,6,8,17H,2,5,7H2. The molecular formula is C14H12F2O2. The van der Waals surface area contributed by atoms with Crippen LogP contribution in [0.4, 0.5) is 8.78 Å². The Bertz CT molecular complexity index is 571. The van der Waals surface area contributed by atoms with Crippen molar-refractivity contribution in [3.8, 4) is 0 Å². The summed E-state index contributed by atoms with van der Waals surface area (Å²) in [5.74, 6) is -0.857. The molecule has 0 spiro atoms. The van der Waals surface area contributed by atoms with E-state index in [0.717, 1.165) is 12.1 Å². The van der Waals surface area contributed by atoms with Gasteiger partial charge in [0.05, 0.1) is 11.8 Å². The Balaban J connectivity index is 2.24. The van der Waals surface area contributed by atoms with E-state index in [9.17, 15) is 13.9 Å². The van der Waals surface area contributed by atoms with Crippen molar-refractivity contribution in [1.29, 1.82) is 0 Å². The van der Waals surface area contributed by atoms with Gasteiger partial charge in [-0.2, -0.15) is 0 Å². The van der Waals surface area contributed by atoms with Gasteiger partial charge in [-0.25, -0.2) is 8.78 Å². The third-order valence-electron chi connectivity index (χ3n) is 3.51. The van der Waals surface area contributed by atoms with E-state index in [0.29, 0.717) is 24.2 Å². The predicted molar refractivity (Wildman–Crippen MR) is 61.0 cm³/mol. The minimum atomic E-state index is -1.63. The summed E-state index contributed by atoms with van der Waals surface area (Å²) in [4.78, 5) is 0. The fraction of sp³-hybridized carbons (Fsp3) is 0.286. The van der Waals surface area contributed by atoms with Crippen molar-refractivity contribution in [3.05, 3.63) is 59.1 Å². The Morgan fingerprint density at radius 3 is 2.61 bits per heavy atom. The van der Waals surface area contributed by atoms with E-state index in [1.54, 1.807) is 6.07 Å². The highest BCUT2D eigenvalue weighted by molar-refractivity contribution is 5.40. The van der Waals surface area contributed by atoms with Crippen molar-refractivity contribution in [2.75, 3.05) is 0 Å². The summed E-state index contributed by atoms with van der Waals surface area (Å²) >= 11 is 0. The number of aryl methyl sites for hydroxylation is 1. The molecule has 3 rings (SSSR count). The summed E-state index contributed by atoms with van der Waals surface area (Å²) in [7, 11) is 0. The van der Waals surface area contributed by atoms with E-state index < -0.39 is 17.2 Å². The van der Waals surface area contributed by atoms with Crippen LogP contribution in [0.5, 0.6) is 0 Å². The maximum absolute atomic E-state index is 13.8. The maximum Gasteiger partial charge on any atom is 0.132 e. The van der Waals surface area contributed by atoms with Gasteiger partial charge in [0.2, 0.25) is 0 Å². The van der Waals surface area contributed by atoms with Crippen LogP contribution in [-0.2, 0) is 12.0 Å². The lowest BCUT2D eigenvalue weighted by atomic mass is 9.77. The SMILES string of the molecule is OC1(c2c(F)cccc2F)CCCc2occc21. The van der Waals surface area contributed by atoms with Gasteiger partial charge in [-0.1, -0.05) is 6.07 Å². The highest BCUT2D eigenvalue weighted by atomic mass is 19.1. The fourth-order valence-corrected chi connectivity index (χ4v) is 2.69. The molecule has 2 nitrogen and oxygen atoms in total.